The van der Waals surface area contributed by atoms with Crippen molar-refractivity contribution in [3.8, 4) is 0 Å². The zero-order chi connectivity index (χ0) is 27.5. The van der Waals surface area contributed by atoms with Crippen molar-refractivity contribution in [2.24, 2.45) is 11.3 Å². The molecule has 3 aliphatic rings. The predicted molar refractivity (Wildman–Crippen MR) is 140 cm³/mol. The molecular formula is C28H37ClF3N3O3. The number of halogens is 4. The van der Waals surface area contributed by atoms with E-state index in [1.54, 1.807) is 11.8 Å². The summed E-state index contributed by atoms with van der Waals surface area (Å²) in [5.74, 6) is -1.77. The first kappa shape index (κ1) is 28.9. The Morgan fingerprint density at radius 3 is 2.53 bits per heavy atom. The Bertz CT molecular complexity index is 1060. The van der Waals surface area contributed by atoms with E-state index in [0.717, 1.165) is 51.4 Å². The van der Waals surface area contributed by atoms with Crippen LogP contribution in [0.15, 0.2) is 29.8 Å². The van der Waals surface area contributed by atoms with Gasteiger partial charge in [0.25, 0.3) is 0 Å². The maximum Gasteiger partial charge on any atom is 0.416 e. The van der Waals surface area contributed by atoms with Gasteiger partial charge in [-0.05, 0) is 62.1 Å². The Labute approximate surface area is 227 Å². The van der Waals surface area contributed by atoms with Crippen LogP contribution >= 0.6 is 11.6 Å². The lowest BCUT2D eigenvalue weighted by Gasteiger charge is -2.36. The summed E-state index contributed by atoms with van der Waals surface area (Å²) in [6.45, 7) is 4.75. The van der Waals surface area contributed by atoms with Gasteiger partial charge in [0.1, 0.15) is 0 Å². The van der Waals surface area contributed by atoms with Gasteiger partial charge in [-0.1, -0.05) is 36.2 Å². The first-order valence-corrected chi connectivity index (χ1v) is 13.9. The number of carbonyl (C=O) groups is 2. The summed E-state index contributed by atoms with van der Waals surface area (Å²) in [6, 6.07) is 3.63. The van der Waals surface area contributed by atoms with E-state index in [-0.39, 0.29) is 48.0 Å². The summed E-state index contributed by atoms with van der Waals surface area (Å²) in [7, 11) is 0. The van der Waals surface area contributed by atoms with E-state index in [0.29, 0.717) is 6.54 Å². The van der Waals surface area contributed by atoms with E-state index >= 15 is 0 Å². The summed E-state index contributed by atoms with van der Waals surface area (Å²) in [5.41, 5.74) is -0.601. The first-order chi connectivity index (χ1) is 18.0. The number of alkyl halides is 3. The molecule has 0 radical (unpaired) electrons. The van der Waals surface area contributed by atoms with E-state index in [1.807, 2.05) is 0 Å². The van der Waals surface area contributed by atoms with Crippen LogP contribution in [0, 0.1) is 11.3 Å². The van der Waals surface area contributed by atoms with Gasteiger partial charge in [-0.15, -0.1) is 0 Å². The van der Waals surface area contributed by atoms with E-state index in [1.165, 1.54) is 30.5 Å². The number of allylic oxidation sites excluding steroid dienone is 1. The summed E-state index contributed by atoms with van der Waals surface area (Å²) in [6.07, 6.45) is 3.78. The van der Waals surface area contributed by atoms with Crippen molar-refractivity contribution in [3.05, 3.63) is 46.0 Å². The number of rotatable bonds is 8. The van der Waals surface area contributed by atoms with E-state index in [9.17, 15) is 27.9 Å². The topological polar surface area (TPSA) is 72.9 Å². The third-order valence-corrected chi connectivity index (χ3v) is 8.79. The second-order valence-electron chi connectivity index (χ2n) is 11.2. The van der Waals surface area contributed by atoms with E-state index in [4.69, 9.17) is 11.6 Å². The highest BCUT2D eigenvalue weighted by molar-refractivity contribution is 6.31. The fraction of sp³-hybridized carbons (Fsp3) is 0.643. The Balaban J connectivity index is 1.42. The van der Waals surface area contributed by atoms with Gasteiger partial charge in [-0.25, -0.2) is 0 Å². The second kappa shape index (κ2) is 12.0. The van der Waals surface area contributed by atoms with Gasteiger partial charge >= 0.3 is 12.1 Å². The monoisotopic (exact) mass is 555 g/mol. The minimum Gasteiger partial charge on any atom is -0.481 e. The molecule has 1 amide bonds. The largest absolute Gasteiger partial charge is 0.481 e. The molecule has 0 saturated carbocycles. The molecule has 10 heteroatoms. The molecule has 1 aromatic carbocycles. The summed E-state index contributed by atoms with van der Waals surface area (Å²) >= 11 is 6.16. The van der Waals surface area contributed by atoms with Crippen molar-refractivity contribution < 1.29 is 27.9 Å². The average Bonchev–Trinajstić information content (AvgIpc) is 3.16. The molecule has 0 bridgehead atoms. The molecule has 1 aliphatic carbocycles. The van der Waals surface area contributed by atoms with Crippen molar-refractivity contribution >= 4 is 23.5 Å². The van der Waals surface area contributed by atoms with Crippen LogP contribution in [0.4, 0.5) is 13.2 Å². The molecule has 38 heavy (non-hydrogen) atoms. The molecule has 2 N–H and O–H groups in total. The van der Waals surface area contributed by atoms with Gasteiger partial charge in [0.2, 0.25) is 5.91 Å². The fourth-order valence-electron chi connectivity index (χ4n) is 6.29. The predicted octanol–water partition coefficient (Wildman–Crippen LogP) is 5.35. The molecule has 1 aromatic rings. The third-order valence-electron chi connectivity index (χ3n) is 8.44. The Hall–Kier alpha value is -2.10. The van der Waals surface area contributed by atoms with Crippen LogP contribution in [-0.2, 0) is 22.3 Å². The number of nitrogens with zero attached hydrogens (tertiary/aromatic N) is 2. The fourth-order valence-corrected chi connectivity index (χ4v) is 6.52. The SMILES string of the molecule is C[C@H]1CN(Cc2c(Cl)cccc2C(F)(F)F)C[C@@]1(CC(=O)O)C(=O)NC1CCN(CC2=CCCCC2)CC1. The molecule has 4 rings (SSSR count). The van der Waals surface area contributed by atoms with E-state index < -0.39 is 23.1 Å². The molecule has 210 valence electrons. The number of carboxylic acid groups (broad SMARTS) is 1. The zero-order valence-electron chi connectivity index (χ0n) is 21.8. The van der Waals surface area contributed by atoms with E-state index in [2.05, 4.69) is 16.3 Å². The molecule has 2 heterocycles. The van der Waals surface area contributed by atoms with Gasteiger partial charge < -0.3 is 10.4 Å². The molecule has 2 atom stereocenters. The van der Waals surface area contributed by atoms with Gasteiger partial charge in [0.05, 0.1) is 17.4 Å². The number of likely N-dealkylation sites (tertiary alicyclic amines) is 2. The number of nitrogens with one attached hydrogen (secondary N) is 1. The number of piperidine rings is 1. The number of hydrogen-bond acceptors (Lipinski definition) is 4. The molecule has 6 nitrogen and oxygen atoms in total. The van der Waals surface area contributed by atoms with Crippen LogP contribution in [0.5, 0.6) is 0 Å². The third kappa shape index (κ3) is 6.72. The number of hydrogen-bond donors (Lipinski definition) is 2. The first-order valence-electron chi connectivity index (χ1n) is 13.5. The lowest BCUT2D eigenvalue weighted by molar-refractivity contribution is -0.147. The van der Waals surface area contributed by atoms with Crippen LogP contribution < -0.4 is 5.32 Å². The van der Waals surface area contributed by atoms with Crippen molar-refractivity contribution in [2.45, 2.75) is 70.6 Å². The lowest BCUT2D eigenvalue weighted by atomic mass is 9.75. The molecular weight excluding hydrogens is 519 g/mol. The summed E-state index contributed by atoms with van der Waals surface area (Å²) < 4.78 is 40.9. The van der Waals surface area contributed by atoms with Crippen LogP contribution in [0.1, 0.15) is 63.0 Å². The Kier molecular flexibility index (Phi) is 9.10. The standard InChI is InChI=1S/C28H37ClF3N3O3/c1-19-15-35(17-22-23(28(30,31)32)8-5-9-24(22)29)18-27(19,14-25(36)37)26(38)33-21-10-12-34(13-11-21)16-20-6-3-2-4-7-20/h5-6,8-9,19,21H,2-4,7,10-18H2,1H3,(H,33,38)(H,36,37)/t19-,27+/m0/s1. The van der Waals surface area contributed by atoms with Gasteiger partial charge in [-0.2, -0.15) is 13.2 Å². The summed E-state index contributed by atoms with van der Waals surface area (Å²) in [4.78, 5) is 29.6. The number of amides is 1. The quantitative estimate of drug-likeness (QED) is 0.423. The van der Waals surface area contributed by atoms with Gasteiger partial charge in [-0.3, -0.25) is 19.4 Å². The van der Waals surface area contributed by atoms with Crippen LogP contribution in [-0.4, -0.2) is 65.5 Å². The number of aliphatic carboxylic acids is 1. The highest BCUT2D eigenvalue weighted by atomic mass is 35.5. The van der Waals surface area contributed by atoms with Gasteiger partial charge in [0.15, 0.2) is 0 Å². The van der Waals surface area contributed by atoms with Gasteiger partial charge in [0, 0.05) is 50.3 Å². The van der Waals surface area contributed by atoms with Crippen LogP contribution in [0.3, 0.4) is 0 Å². The van der Waals surface area contributed by atoms with Crippen molar-refractivity contribution in [3.63, 3.8) is 0 Å². The Morgan fingerprint density at radius 1 is 1.16 bits per heavy atom. The van der Waals surface area contributed by atoms with Crippen molar-refractivity contribution in [1.29, 1.82) is 0 Å². The molecule has 2 saturated heterocycles. The average molecular weight is 556 g/mol. The van der Waals surface area contributed by atoms with Crippen LogP contribution in [0.25, 0.3) is 0 Å². The number of benzene rings is 1. The maximum absolute atomic E-state index is 13.6. The molecule has 2 aliphatic heterocycles. The highest BCUT2D eigenvalue weighted by Crippen LogP contribution is 2.42. The highest BCUT2D eigenvalue weighted by Gasteiger charge is 2.52. The number of carbonyl (C=O) groups excluding carboxylic acids is 1. The second-order valence-corrected chi connectivity index (χ2v) is 11.6. The molecule has 0 aromatic heterocycles. The molecule has 2 fully saturated rings. The minimum atomic E-state index is -4.57. The van der Waals surface area contributed by atoms with Crippen LogP contribution in [0.2, 0.25) is 5.02 Å². The van der Waals surface area contributed by atoms with Crippen molar-refractivity contribution in [1.82, 2.24) is 15.1 Å². The molecule has 0 spiro atoms. The normalized spacial score (nSPS) is 25.8. The zero-order valence-corrected chi connectivity index (χ0v) is 22.6. The molecule has 0 unspecified atom stereocenters. The number of carboxylic acids is 1. The smallest absolute Gasteiger partial charge is 0.416 e. The van der Waals surface area contributed by atoms with Crippen molar-refractivity contribution in [2.75, 3.05) is 32.7 Å². The summed E-state index contributed by atoms with van der Waals surface area (Å²) in [5, 5.41) is 12.8. The maximum atomic E-state index is 13.6. The Morgan fingerprint density at radius 2 is 1.89 bits per heavy atom. The lowest BCUT2D eigenvalue weighted by Crippen LogP contribution is -2.53. The minimum absolute atomic E-state index is 0.00316.